The lowest BCUT2D eigenvalue weighted by Gasteiger charge is -2.13. The number of aromatic nitrogens is 2. The molecule has 1 N–H and O–H groups in total. The van der Waals surface area contributed by atoms with Crippen molar-refractivity contribution in [3.8, 4) is 5.75 Å². The van der Waals surface area contributed by atoms with Crippen molar-refractivity contribution < 1.29 is 9.53 Å². The van der Waals surface area contributed by atoms with Gasteiger partial charge in [-0.25, -0.2) is 9.97 Å². The molecule has 0 atom stereocenters. The number of aryl methyl sites for hydroxylation is 2. The highest BCUT2D eigenvalue weighted by molar-refractivity contribution is 8.00. The van der Waals surface area contributed by atoms with Crippen LogP contribution in [0.15, 0.2) is 35.4 Å². The fourth-order valence-corrected chi connectivity index (χ4v) is 6.70. The number of carbonyl (C=O) groups excluding carboxylic acids is 1. The molecule has 0 spiro atoms. The van der Waals surface area contributed by atoms with Crippen LogP contribution in [0.25, 0.3) is 10.2 Å². The van der Waals surface area contributed by atoms with Crippen LogP contribution in [0.5, 0.6) is 5.75 Å². The molecule has 0 aliphatic heterocycles. The Kier molecular flexibility index (Phi) is 6.41. The van der Waals surface area contributed by atoms with E-state index in [9.17, 15) is 4.79 Å². The number of amides is 1. The Morgan fingerprint density at radius 3 is 2.74 bits per heavy atom. The number of rotatable bonds is 7. The van der Waals surface area contributed by atoms with Crippen molar-refractivity contribution in [2.24, 2.45) is 0 Å². The molecule has 1 aromatic carbocycles. The largest absolute Gasteiger partial charge is 0.486 e. The SMILES string of the molecule is O=C(CSc1nc(COc2ccccc2)nc2sc3c(c12)CCCC3)NC1CCCC1. The van der Waals surface area contributed by atoms with Gasteiger partial charge >= 0.3 is 0 Å². The van der Waals surface area contributed by atoms with Gasteiger partial charge < -0.3 is 10.1 Å². The van der Waals surface area contributed by atoms with Gasteiger partial charge in [0.05, 0.1) is 5.75 Å². The molecule has 1 amide bonds. The van der Waals surface area contributed by atoms with Crippen LogP contribution in [0, 0.1) is 0 Å². The lowest BCUT2D eigenvalue weighted by atomic mass is 9.97. The molecular weight excluding hydrogens is 426 g/mol. The molecule has 1 fully saturated rings. The first-order valence-corrected chi connectivity index (χ1v) is 13.0. The van der Waals surface area contributed by atoms with E-state index in [1.54, 1.807) is 23.1 Å². The molecule has 3 aromatic rings. The van der Waals surface area contributed by atoms with Gasteiger partial charge in [-0.3, -0.25) is 4.79 Å². The summed E-state index contributed by atoms with van der Waals surface area (Å²) >= 11 is 3.33. The Morgan fingerprint density at radius 1 is 1.10 bits per heavy atom. The minimum Gasteiger partial charge on any atom is -0.486 e. The van der Waals surface area contributed by atoms with Crippen LogP contribution < -0.4 is 10.1 Å². The van der Waals surface area contributed by atoms with Gasteiger partial charge in [0.25, 0.3) is 0 Å². The fourth-order valence-electron chi connectivity index (χ4n) is 4.47. The second-order valence-electron chi connectivity index (χ2n) is 8.28. The molecule has 5 nitrogen and oxygen atoms in total. The van der Waals surface area contributed by atoms with Gasteiger partial charge in [-0.05, 0) is 56.2 Å². The van der Waals surface area contributed by atoms with Crippen molar-refractivity contribution in [3.05, 3.63) is 46.6 Å². The number of nitrogens with zero attached hydrogens (tertiary/aromatic N) is 2. The van der Waals surface area contributed by atoms with E-state index in [-0.39, 0.29) is 5.91 Å². The summed E-state index contributed by atoms with van der Waals surface area (Å²) in [5.74, 6) is 1.98. The first-order valence-electron chi connectivity index (χ1n) is 11.2. The third-order valence-electron chi connectivity index (χ3n) is 6.00. The average Bonchev–Trinajstić information content (AvgIpc) is 3.44. The van der Waals surface area contributed by atoms with E-state index in [0.29, 0.717) is 24.2 Å². The lowest BCUT2D eigenvalue weighted by Crippen LogP contribution is -2.33. The molecule has 162 valence electrons. The van der Waals surface area contributed by atoms with Gasteiger partial charge in [-0.15, -0.1) is 11.3 Å². The van der Waals surface area contributed by atoms with Gasteiger partial charge in [-0.1, -0.05) is 42.8 Å². The summed E-state index contributed by atoms with van der Waals surface area (Å²) in [7, 11) is 0. The highest BCUT2D eigenvalue weighted by Crippen LogP contribution is 2.39. The molecule has 5 rings (SSSR count). The summed E-state index contributed by atoms with van der Waals surface area (Å²) in [6.45, 7) is 0.324. The smallest absolute Gasteiger partial charge is 0.230 e. The summed E-state index contributed by atoms with van der Waals surface area (Å²) in [6.07, 6.45) is 9.31. The van der Waals surface area contributed by atoms with Crippen molar-refractivity contribution in [1.29, 1.82) is 0 Å². The Labute approximate surface area is 191 Å². The number of hydrogen-bond acceptors (Lipinski definition) is 6. The molecule has 7 heteroatoms. The van der Waals surface area contributed by atoms with Gasteiger partial charge in [0.15, 0.2) is 5.82 Å². The molecule has 2 aliphatic carbocycles. The zero-order valence-electron chi connectivity index (χ0n) is 17.6. The van der Waals surface area contributed by atoms with E-state index < -0.39 is 0 Å². The summed E-state index contributed by atoms with van der Waals surface area (Å²) in [4.78, 5) is 24.7. The third kappa shape index (κ3) is 4.88. The standard InChI is InChI=1S/C24H27N3O2S2/c28-21(25-16-8-4-5-9-16)15-30-23-22-18-12-6-7-13-19(18)31-24(22)27-20(26-23)14-29-17-10-2-1-3-11-17/h1-3,10-11,16H,4-9,12-15H2,(H,25,28). The predicted molar refractivity (Wildman–Crippen MR) is 126 cm³/mol. The number of thioether (sulfide) groups is 1. The highest BCUT2D eigenvalue weighted by Gasteiger charge is 2.23. The molecule has 0 unspecified atom stereocenters. The average molecular weight is 454 g/mol. The first kappa shape index (κ1) is 20.8. The zero-order chi connectivity index (χ0) is 21.0. The van der Waals surface area contributed by atoms with E-state index >= 15 is 0 Å². The van der Waals surface area contributed by atoms with Crippen LogP contribution in [-0.2, 0) is 24.2 Å². The van der Waals surface area contributed by atoms with Crippen molar-refractivity contribution in [1.82, 2.24) is 15.3 Å². The van der Waals surface area contributed by atoms with Crippen molar-refractivity contribution in [3.63, 3.8) is 0 Å². The van der Waals surface area contributed by atoms with Crippen LogP contribution in [0.1, 0.15) is 54.8 Å². The van der Waals surface area contributed by atoms with Crippen LogP contribution in [0.3, 0.4) is 0 Å². The Bertz CT molecular complexity index is 1060. The molecule has 2 aromatic heterocycles. The maximum atomic E-state index is 12.5. The molecule has 31 heavy (non-hydrogen) atoms. The quantitative estimate of drug-likeness (QED) is 0.388. The van der Waals surface area contributed by atoms with Crippen LogP contribution in [0.2, 0.25) is 0 Å². The lowest BCUT2D eigenvalue weighted by molar-refractivity contribution is -0.119. The monoisotopic (exact) mass is 453 g/mol. The second-order valence-corrected chi connectivity index (χ2v) is 10.3. The molecule has 0 saturated heterocycles. The van der Waals surface area contributed by atoms with Gasteiger partial charge in [0.2, 0.25) is 5.91 Å². The number of benzene rings is 1. The molecule has 2 aliphatic rings. The number of fused-ring (bicyclic) bond motifs is 3. The van der Waals surface area contributed by atoms with Crippen molar-refractivity contribution >= 4 is 39.2 Å². The molecule has 2 heterocycles. The number of hydrogen-bond donors (Lipinski definition) is 1. The summed E-state index contributed by atoms with van der Waals surface area (Å²) in [5, 5.41) is 5.29. The van der Waals surface area contributed by atoms with Crippen LogP contribution >= 0.6 is 23.1 Å². The van der Waals surface area contributed by atoms with E-state index in [2.05, 4.69) is 5.32 Å². The zero-order valence-corrected chi connectivity index (χ0v) is 19.2. The van der Waals surface area contributed by atoms with Gasteiger partial charge in [0.1, 0.15) is 22.2 Å². The summed E-state index contributed by atoms with van der Waals surface area (Å²) in [6, 6.07) is 10.1. The van der Waals surface area contributed by atoms with E-state index in [1.807, 2.05) is 30.3 Å². The number of thiophene rings is 1. The van der Waals surface area contributed by atoms with E-state index in [0.717, 1.165) is 41.3 Å². The Balaban J connectivity index is 1.38. The molecule has 1 saturated carbocycles. The second kappa shape index (κ2) is 9.57. The predicted octanol–water partition coefficient (Wildman–Crippen LogP) is 5.30. The maximum Gasteiger partial charge on any atom is 0.230 e. The van der Waals surface area contributed by atoms with Crippen LogP contribution in [-0.4, -0.2) is 27.7 Å². The Morgan fingerprint density at radius 2 is 1.90 bits per heavy atom. The summed E-state index contributed by atoms with van der Waals surface area (Å²) < 4.78 is 5.90. The first-order chi connectivity index (χ1) is 15.3. The summed E-state index contributed by atoms with van der Waals surface area (Å²) in [5.41, 5.74) is 1.40. The Hall–Kier alpha value is -2.12. The van der Waals surface area contributed by atoms with Crippen LogP contribution in [0.4, 0.5) is 0 Å². The number of nitrogens with one attached hydrogen (secondary N) is 1. The molecule has 0 bridgehead atoms. The number of carbonyl (C=O) groups is 1. The van der Waals surface area contributed by atoms with Crippen molar-refractivity contribution in [2.45, 2.75) is 69.0 Å². The van der Waals surface area contributed by atoms with Gasteiger partial charge in [0, 0.05) is 16.3 Å². The molecule has 0 radical (unpaired) electrons. The minimum absolute atomic E-state index is 0.106. The van der Waals surface area contributed by atoms with Crippen molar-refractivity contribution in [2.75, 3.05) is 5.75 Å². The van der Waals surface area contributed by atoms with Gasteiger partial charge in [-0.2, -0.15) is 0 Å². The fraction of sp³-hybridized carbons (Fsp3) is 0.458. The third-order valence-corrected chi connectivity index (χ3v) is 8.16. The number of ether oxygens (including phenoxy) is 1. The maximum absolute atomic E-state index is 12.5. The normalized spacial score (nSPS) is 16.4. The van der Waals surface area contributed by atoms with E-state index in [1.165, 1.54) is 41.5 Å². The number of para-hydroxylation sites is 1. The minimum atomic E-state index is 0.106. The highest BCUT2D eigenvalue weighted by atomic mass is 32.2. The van der Waals surface area contributed by atoms with E-state index in [4.69, 9.17) is 14.7 Å². The topological polar surface area (TPSA) is 64.1 Å². The molecular formula is C24H27N3O2S2.